The highest BCUT2D eigenvalue weighted by Crippen LogP contribution is 2.35. The number of halogens is 1. The second-order valence-corrected chi connectivity index (χ2v) is 7.58. The standard InChI is InChI=1S/C21H17FN8O3/c1-10-13-6-12(22)3-4-15(13)30-21(32)26-20(31)29(30)9-14-18(16(7-23)28(2)27-14)11-5-17(33-10)19(24)25-8-11/h3-6,8,10H,9H2,1-2H3,(H2,24,25)(H,26,31,32). The molecule has 1 aliphatic heterocycles. The number of pyridine rings is 1. The first-order chi connectivity index (χ1) is 15.8. The average molecular weight is 448 g/mol. The first-order valence-electron chi connectivity index (χ1n) is 9.89. The number of benzene rings is 1. The van der Waals surface area contributed by atoms with Crippen molar-refractivity contribution in [1.29, 1.82) is 5.26 Å². The van der Waals surface area contributed by atoms with E-state index in [0.717, 1.165) is 9.36 Å². The highest BCUT2D eigenvalue weighted by atomic mass is 19.1. The third-order valence-electron chi connectivity index (χ3n) is 5.54. The van der Waals surface area contributed by atoms with E-state index in [1.807, 2.05) is 0 Å². The van der Waals surface area contributed by atoms with E-state index in [1.165, 1.54) is 29.1 Å². The van der Waals surface area contributed by atoms with E-state index in [1.54, 1.807) is 20.0 Å². The van der Waals surface area contributed by atoms with Gasteiger partial charge in [0.1, 0.15) is 23.7 Å². The van der Waals surface area contributed by atoms with Crippen LogP contribution < -0.4 is 21.9 Å². The number of nitrogens with one attached hydrogen (secondary N) is 1. The van der Waals surface area contributed by atoms with Gasteiger partial charge in [0.2, 0.25) is 0 Å². The summed E-state index contributed by atoms with van der Waals surface area (Å²) in [5.41, 5.74) is 6.67. The lowest BCUT2D eigenvalue weighted by Gasteiger charge is -2.21. The molecule has 0 saturated carbocycles. The molecule has 0 radical (unpaired) electrons. The monoisotopic (exact) mass is 448 g/mol. The van der Waals surface area contributed by atoms with Gasteiger partial charge in [0.15, 0.2) is 11.6 Å². The zero-order chi connectivity index (χ0) is 23.4. The van der Waals surface area contributed by atoms with Crippen molar-refractivity contribution in [2.24, 2.45) is 7.05 Å². The summed E-state index contributed by atoms with van der Waals surface area (Å²) in [7, 11) is 1.60. The van der Waals surface area contributed by atoms with Crippen molar-refractivity contribution < 1.29 is 9.13 Å². The molecule has 1 aromatic carbocycles. The van der Waals surface area contributed by atoms with Crippen molar-refractivity contribution in [1.82, 2.24) is 29.1 Å². The van der Waals surface area contributed by atoms with Gasteiger partial charge in [0.25, 0.3) is 0 Å². The number of aryl methyl sites for hydroxylation is 1. The molecule has 1 aliphatic rings. The van der Waals surface area contributed by atoms with Gasteiger partial charge in [-0.25, -0.2) is 23.6 Å². The van der Waals surface area contributed by atoms with Crippen LogP contribution in [0.4, 0.5) is 10.2 Å². The van der Waals surface area contributed by atoms with Crippen LogP contribution in [0.2, 0.25) is 0 Å². The van der Waals surface area contributed by atoms with Crippen molar-refractivity contribution in [2.45, 2.75) is 19.6 Å². The summed E-state index contributed by atoms with van der Waals surface area (Å²) in [6.45, 7) is 1.51. The number of H-pyrrole nitrogens is 1. The molecule has 3 aromatic heterocycles. The predicted octanol–water partition coefficient (Wildman–Crippen LogP) is 1.22. The van der Waals surface area contributed by atoms with Crippen molar-refractivity contribution in [3.63, 3.8) is 0 Å². The van der Waals surface area contributed by atoms with Crippen molar-refractivity contribution in [3.05, 3.63) is 74.2 Å². The summed E-state index contributed by atoms with van der Waals surface area (Å²) in [5, 5.41) is 14.1. The molecule has 166 valence electrons. The molecule has 0 fully saturated rings. The van der Waals surface area contributed by atoms with E-state index in [2.05, 4.69) is 21.1 Å². The van der Waals surface area contributed by atoms with E-state index < -0.39 is 23.3 Å². The van der Waals surface area contributed by atoms with Crippen LogP contribution in [-0.2, 0) is 13.6 Å². The topological polar surface area (TPSA) is 150 Å². The first kappa shape index (κ1) is 20.3. The molecule has 0 saturated heterocycles. The maximum atomic E-state index is 14.2. The number of aromatic amines is 1. The normalized spacial score (nSPS) is 14.7. The molecule has 1 unspecified atom stereocenters. The van der Waals surface area contributed by atoms with Crippen LogP contribution >= 0.6 is 0 Å². The Morgan fingerprint density at radius 1 is 1.30 bits per heavy atom. The summed E-state index contributed by atoms with van der Waals surface area (Å²) >= 11 is 0. The third kappa shape index (κ3) is 3.09. The zero-order valence-corrected chi connectivity index (χ0v) is 17.5. The Morgan fingerprint density at radius 2 is 2.09 bits per heavy atom. The Hall–Kier alpha value is -4.66. The lowest BCUT2D eigenvalue weighted by atomic mass is 10.0. The average Bonchev–Trinajstić information content (AvgIpc) is 3.23. The maximum Gasteiger partial charge on any atom is 0.349 e. The molecule has 0 amide bonds. The fourth-order valence-corrected chi connectivity index (χ4v) is 4.04. The Kier molecular flexibility index (Phi) is 4.42. The number of nitrogens with two attached hydrogens (primary N) is 1. The first-order valence-corrected chi connectivity index (χ1v) is 9.89. The van der Waals surface area contributed by atoms with Crippen molar-refractivity contribution in [3.8, 4) is 28.6 Å². The summed E-state index contributed by atoms with van der Waals surface area (Å²) < 4.78 is 23.8. The summed E-state index contributed by atoms with van der Waals surface area (Å²) in [6, 6.07) is 7.53. The molecular formula is C21H17FN8O3. The van der Waals surface area contributed by atoms with Gasteiger partial charge in [-0.3, -0.25) is 9.67 Å². The van der Waals surface area contributed by atoms with Gasteiger partial charge in [-0.05, 0) is 31.2 Å². The van der Waals surface area contributed by atoms with Gasteiger partial charge in [-0.1, -0.05) is 0 Å². The van der Waals surface area contributed by atoms with Crippen LogP contribution in [0.1, 0.15) is 30.0 Å². The number of anilines is 1. The minimum atomic E-state index is -0.774. The number of ether oxygens (including phenoxy) is 1. The number of hydrogen-bond donors (Lipinski definition) is 2. The van der Waals surface area contributed by atoms with Crippen molar-refractivity contribution >= 4 is 5.82 Å². The number of hydrogen-bond acceptors (Lipinski definition) is 7. The number of aromatic nitrogens is 6. The van der Waals surface area contributed by atoms with Gasteiger partial charge in [-0.15, -0.1) is 0 Å². The molecule has 11 nitrogen and oxygen atoms in total. The number of fused-ring (bicyclic) bond motifs is 7. The van der Waals surface area contributed by atoms with Gasteiger partial charge in [0, 0.05) is 29.9 Å². The smallest absolute Gasteiger partial charge is 0.349 e. The highest BCUT2D eigenvalue weighted by Gasteiger charge is 2.26. The van der Waals surface area contributed by atoms with Crippen LogP contribution in [0.15, 0.2) is 40.1 Å². The molecule has 12 heteroatoms. The lowest BCUT2D eigenvalue weighted by Crippen LogP contribution is -2.28. The summed E-state index contributed by atoms with van der Waals surface area (Å²) in [4.78, 5) is 31.9. The highest BCUT2D eigenvalue weighted by molar-refractivity contribution is 5.73. The molecular weight excluding hydrogens is 431 g/mol. The molecule has 2 bridgehead atoms. The molecule has 0 aliphatic carbocycles. The Labute approximate surface area is 185 Å². The summed E-state index contributed by atoms with van der Waals surface area (Å²) in [6.07, 6.45) is 0.698. The third-order valence-corrected chi connectivity index (χ3v) is 5.54. The minimum Gasteiger partial charge on any atom is -0.482 e. The minimum absolute atomic E-state index is 0.0975. The molecule has 0 spiro atoms. The van der Waals surface area contributed by atoms with Gasteiger partial charge in [0.05, 0.1) is 17.9 Å². The molecule has 5 rings (SSSR count). The fraction of sp³-hybridized carbons (Fsp3) is 0.190. The molecule has 3 N–H and O–H groups in total. The van der Waals surface area contributed by atoms with E-state index in [0.29, 0.717) is 22.4 Å². The molecule has 1 atom stereocenters. The van der Waals surface area contributed by atoms with Crippen LogP contribution in [0, 0.1) is 17.1 Å². The van der Waals surface area contributed by atoms with Crippen molar-refractivity contribution in [2.75, 3.05) is 5.73 Å². The number of nitrogens with zero attached hydrogens (tertiary/aromatic N) is 6. The Morgan fingerprint density at radius 3 is 2.85 bits per heavy atom. The predicted molar refractivity (Wildman–Crippen MR) is 114 cm³/mol. The van der Waals surface area contributed by atoms with E-state index in [9.17, 15) is 19.2 Å². The number of nitriles is 1. The van der Waals surface area contributed by atoms with E-state index in [4.69, 9.17) is 10.5 Å². The maximum absolute atomic E-state index is 14.2. The zero-order valence-electron chi connectivity index (χ0n) is 17.5. The molecule has 4 heterocycles. The molecule has 4 aromatic rings. The van der Waals surface area contributed by atoms with Crippen LogP contribution in [0.5, 0.6) is 5.75 Å². The van der Waals surface area contributed by atoms with Gasteiger partial charge in [-0.2, -0.15) is 15.0 Å². The fourth-order valence-electron chi connectivity index (χ4n) is 4.04. The second-order valence-electron chi connectivity index (χ2n) is 7.58. The molecule has 33 heavy (non-hydrogen) atoms. The summed E-state index contributed by atoms with van der Waals surface area (Å²) in [5.74, 6) is -0.229. The van der Waals surface area contributed by atoms with Crippen LogP contribution in [0.3, 0.4) is 0 Å². The quantitative estimate of drug-likeness (QED) is 0.411. The van der Waals surface area contributed by atoms with Crippen LogP contribution in [-0.4, -0.2) is 29.1 Å². The van der Waals surface area contributed by atoms with Gasteiger partial charge >= 0.3 is 11.4 Å². The number of nitrogen functional groups attached to an aromatic ring is 1. The Bertz CT molecular complexity index is 1590. The Balaban J connectivity index is 1.90. The number of rotatable bonds is 0. The van der Waals surface area contributed by atoms with Crippen LogP contribution in [0.25, 0.3) is 16.8 Å². The second kappa shape index (κ2) is 7.20. The van der Waals surface area contributed by atoms with E-state index >= 15 is 0 Å². The lowest BCUT2D eigenvalue weighted by molar-refractivity contribution is 0.226. The van der Waals surface area contributed by atoms with Gasteiger partial charge < -0.3 is 10.5 Å². The SMILES string of the molecule is CC1Oc2cc(cnc2N)-c2c(nn(C)c2C#N)Cn2c(=O)[nH]c(=O)n2-c2ccc(F)cc21. The largest absolute Gasteiger partial charge is 0.482 e. The van der Waals surface area contributed by atoms with E-state index in [-0.39, 0.29) is 29.5 Å².